The second-order valence-corrected chi connectivity index (χ2v) is 6.28. The number of hydrogen-bond donors (Lipinski definition) is 2. The van der Waals surface area contributed by atoms with E-state index in [9.17, 15) is 9.18 Å². The van der Waals surface area contributed by atoms with E-state index in [2.05, 4.69) is 20.7 Å². The van der Waals surface area contributed by atoms with Crippen LogP contribution in [-0.4, -0.2) is 35.6 Å². The summed E-state index contributed by atoms with van der Waals surface area (Å²) in [6.45, 7) is 4.90. The molecule has 6 nitrogen and oxygen atoms in total. The van der Waals surface area contributed by atoms with Gasteiger partial charge in [0.15, 0.2) is 5.82 Å². The van der Waals surface area contributed by atoms with Gasteiger partial charge in [0, 0.05) is 38.7 Å². The second-order valence-electron chi connectivity index (χ2n) is 6.28. The highest BCUT2D eigenvalue weighted by atomic mass is 19.1. The zero-order chi connectivity index (χ0) is 17.6. The third-order valence-electron chi connectivity index (χ3n) is 4.27. The Bertz CT molecular complexity index is 732. The summed E-state index contributed by atoms with van der Waals surface area (Å²) in [6.07, 6.45) is 2.80. The van der Waals surface area contributed by atoms with Crippen molar-refractivity contribution in [1.82, 2.24) is 15.4 Å². The van der Waals surface area contributed by atoms with Crippen LogP contribution in [0.2, 0.25) is 0 Å². The molecule has 1 aromatic carbocycles. The molecule has 7 heteroatoms. The average Bonchev–Trinajstić information content (AvgIpc) is 2.97. The molecule has 1 aromatic heterocycles. The monoisotopic (exact) mass is 346 g/mol. The summed E-state index contributed by atoms with van der Waals surface area (Å²) in [5.41, 5.74) is 1.70. The molecule has 134 valence electrons. The van der Waals surface area contributed by atoms with E-state index in [0.717, 1.165) is 50.2 Å². The van der Waals surface area contributed by atoms with Crippen LogP contribution in [0.25, 0.3) is 0 Å². The normalized spacial score (nSPS) is 14.2. The molecule has 25 heavy (non-hydrogen) atoms. The molecular formula is C18H23FN4O2. The first kappa shape index (κ1) is 17.4. The van der Waals surface area contributed by atoms with Crippen LogP contribution in [0.5, 0.6) is 0 Å². The van der Waals surface area contributed by atoms with Gasteiger partial charge in [-0.1, -0.05) is 11.2 Å². The zero-order valence-electron chi connectivity index (χ0n) is 14.3. The number of fused-ring (bicyclic) bond motifs is 1. The number of nitrogens with zero attached hydrogens (tertiary/aromatic N) is 2. The SMILES string of the molecule is CC(=O)NCCCCN1CCc2onc(Nc3cccc(F)c3)c2C1. The highest BCUT2D eigenvalue weighted by Crippen LogP contribution is 2.28. The predicted octanol–water partition coefficient (Wildman–Crippen LogP) is 2.83. The Morgan fingerprint density at radius 1 is 1.40 bits per heavy atom. The fraction of sp³-hybridized carbons (Fsp3) is 0.444. The summed E-state index contributed by atoms with van der Waals surface area (Å²) in [5.74, 6) is 1.28. The van der Waals surface area contributed by atoms with Crippen molar-refractivity contribution < 1.29 is 13.7 Å². The fourth-order valence-electron chi connectivity index (χ4n) is 2.98. The Balaban J connectivity index is 1.55. The maximum Gasteiger partial charge on any atom is 0.216 e. The van der Waals surface area contributed by atoms with Crippen LogP contribution in [0.1, 0.15) is 31.1 Å². The maximum absolute atomic E-state index is 13.3. The van der Waals surface area contributed by atoms with Crippen molar-refractivity contribution in [2.75, 3.05) is 25.0 Å². The van der Waals surface area contributed by atoms with Gasteiger partial charge in [0.2, 0.25) is 5.91 Å². The number of amides is 1. The molecule has 1 amide bonds. The number of anilines is 2. The van der Waals surface area contributed by atoms with Crippen molar-refractivity contribution in [3.63, 3.8) is 0 Å². The molecule has 0 spiro atoms. The van der Waals surface area contributed by atoms with E-state index in [-0.39, 0.29) is 11.7 Å². The average molecular weight is 346 g/mol. The molecule has 2 N–H and O–H groups in total. The lowest BCUT2D eigenvalue weighted by Gasteiger charge is -2.26. The Labute approximate surface area is 146 Å². The van der Waals surface area contributed by atoms with Gasteiger partial charge in [-0.05, 0) is 37.6 Å². The topological polar surface area (TPSA) is 70.4 Å². The molecule has 3 rings (SSSR count). The van der Waals surface area contributed by atoms with Crippen molar-refractivity contribution in [3.05, 3.63) is 41.4 Å². The first-order chi connectivity index (χ1) is 12.1. The van der Waals surface area contributed by atoms with Gasteiger partial charge in [0.05, 0.1) is 5.56 Å². The summed E-state index contributed by atoms with van der Waals surface area (Å²) in [5, 5.41) is 10.1. The minimum absolute atomic E-state index is 0.0140. The predicted molar refractivity (Wildman–Crippen MR) is 93.1 cm³/mol. The summed E-state index contributed by atoms with van der Waals surface area (Å²) in [6, 6.07) is 6.30. The number of nitrogens with one attached hydrogen (secondary N) is 2. The number of aromatic nitrogens is 1. The van der Waals surface area contributed by atoms with E-state index >= 15 is 0 Å². The molecule has 0 bridgehead atoms. The van der Waals surface area contributed by atoms with Gasteiger partial charge in [-0.15, -0.1) is 0 Å². The van der Waals surface area contributed by atoms with Crippen LogP contribution in [0.4, 0.5) is 15.9 Å². The molecule has 1 aliphatic rings. The minimum atomic E-state index is -0.289. The number of rotatable bonds is 7. The van der Waals surface area contributed by atoms with E-state index in [1.807, 2.05) is 0 Å². The molecule has 0 saturated carbocycles. The van der Waals surface area contributed by atoms with E-state index in [1.54, 1.807) is 12.1 Å². The number of unbranched alkanes of at least 4 members (excludes halogenated alkanes) is 1. The van der Waals surface area contributed by atoms with E-state index in [4.69, 9.17) is 4.52 Å². The fourth-order valence-corrected chi connectivity index (χ4v) is 2.98. The highest BCUT2D eigenvalue weighted by Gasteiger charge is 2.24. The molecule has 0 aliphatic carbocycles. The number of carbonyl (C=O) groups excluding carboxylic acids is 1. The minimum Gasteiger partial charge on any atom is -0.359 e. The van der Waals surface area contributed by atoms with E-state index < -0.39 is 0 Å². The largest absolute Gasteiger partial charge is 0.359 e. The number of carbonyl (C=O) groups is 1. The zero-order valence-corrected chi connectivity index (χ0v) is 14.3. The molecule has 0 fully saturated rings. The number of benzene rings is 1. The van der Waals surface area contributed by atoms with Gasteiger partial charge in [-0.2, -0.15) is 0 Å². The molecule has 2 heterocycles. The van der Waals surface area contributed by atoms with E-state index in [0.29, 0.717) is 18.1 Å². The maximum atomic E-state index is 13.3. The van der Waals surface area contributed by atoms with Crippen LogP contribution in [0.15, 0.2) is 28.8 Å². The standard InChI is InChI=1S/C18H23FN4O2/c1-13(24)20-8-2-3-9-23-10-7-17-16(12-23)18(22-25-17)21-15-6-4-5-14(19)11-15/h4-6,11H,2-3,7-10,12H2,1H3,(H,20,24)(H,21,22). The van der Waals surface area contributed by atoms with Gasteiger partial charge in [0.1, 0.15) is 11.6 Å². The van der Waals surface area contributed by atoms with Crippen molar-refractivity contribution >= 4 is 17.4 Å². The van der Waals surface area contributed by atoms with E-state index in [1.165, 1.54) is 19.1 Å². The van der Waals surface area contributed by atoms with Crippen LogP contribution >= 0.6 is 0 Å². The van der Waals surface area contributed by atoms with Crippen LogP contribution in [-0.2, 0) is 17.8 Å². The Morgan fingerprint density at radius 2 is 2.28 bits per heavy atom. The van der Waals surface area contributed by atoms with Crippen molar-refractivity contribution in [3.8, 4) is 0 Å². The molecule has 0 atom stereocenters. The molecule has 0 unspecified atom stereocenters. The van der Waals surface area contributed by atoms with Gasteiger partial charge >= 0.3 is 0 Å². The lowest BCUT2D eigenvalue weighted by Crippen LogP contribution is -2.31. The second kappa shape index (κ2) is 8.11. The molecule has 1 aliphatic heterocycles. The first-order valence-corrected chi connectivity index (χ1v) is 8.58. The highest BCUT2D eigenvalue weighted by molar-refractivity contribution is 5.72. The summed E-state index contributed by atoms with van der Waals surface area (Å²) >= 11 is 0. The van der Waals surface area contributed by atoms with Gasteiger partial charge in [-0.25, -0.2) is 4.39 Å². The van der Waals surface area contributed by atoms with Gasteiger partial charge in [0.25, 0.3) is 0 Å². The third kappa shape index (κ3) is 4.79. The van der Waals surface area contributed by atoms with Crippen LogP contribution < -0.4 is 10.6 Å². The smallest absolute Gasteiger partial charge is 0.216 e. The summed E-state index contributed by atoms with van der Waals surface area (Å²) in [4.78, 5) is 13.2. The van der Waals surface area contributed by atoms with Crippen LogP contribution in [0.3, 0.4) is 0 Å². The summed E-state index contributed by atoms with van der Waals surface area (Å²) < 4.78 is 18.8. The lowest BCUT2D eigenvalue weighted by molar-refractivity contribution is -0.118. The Kier molecular flexibility index (Phi) is 5.65. The Hall–Kier alpha value is -2.41. The first-order valence-electron chi connectivity index (χ1n) is 8.58. The van der Waals surface area contributed by atoms with Gasteiger partial charge < -0.3 is 15.2 Å². The molecule has 0 radical (unpaired) electrons. The molecule has 0 saturated heterocycles. The number of hydrogen-bond acceptors (Lipinski definition) is 5. The Morgan fingerprint density at radius 3 is 3.08 bits per heavy atom. The van der Waals surface area contributed by atoms with Crippen LogP contribution in [0, 0.1) is 5.82 Å². The third-order valence-corrected chi connectivity index (χ3v) is 4.27. The van der Waals surface area contributed by atoms with Crippen molar-refractivity contribution in [2.45, 2.75) is 32.7 Å². The number of halogens is 1. The van der Waals surface area contributed by atoms with Crippen molar-refractivity contribution in [1.29, 1.82) is 0 Å². The van der Waals surface area contributed by atoms with Gasteiger partial charge in [-0.3, -0.25) is 9.69 Å². The molecular weight excluding hydrogens is 323 g/mol. The summed E-state index contributed by atoms with van der Waals surface area (Å²) in [7, 11) is 0. The lowest BCUT2D eigenvalue weighted by atomic mass is 10.1. The van der Waals surface area contributed by atoms with Crippen molar-refractivity contribution in [2.24, 2.45) is 0 Å². The quantitative estimate of drug-likeness (QED) is 0.755. The molecule has 2 aromatic rings.